The Balaban J connectivity index is 1.73. The molecular formula is C11H18O4. The van der Waals surface area contributed by atoms with Crippen molar-refractivity contribution in [1.29, 1.82) is 0 Å². The Kier molecular flexibility index (Phi) is 2.12. The lowest BCUT2D eigenvalue weighted by Crippen LogP contribution is -2.27. The smallest absolute Gasteiger partial charge is 0.163 e. The number of rotatable bonds is 1. The zero-order chi connectivity index (χ0) is 10.6. The van der Waals surface area contributed by atoms with E-state index in [1.165, 1.54) is 0 Å². The van der Waals surface area contributed by atoms with Gasteiger partial charge in [-0.05, 0) is 13.8 Å². The first-order chi connectivity index (χ1) is 7.09. The van der Waals surface area contributed by atoms with Gasteiger partial charge in [0, 0.05) is 25.9 Å². The highest BCUT2D eigenvalue weighted by molar-refractivity contribution is 5.01. The van der Waals surface area contributed by atoms with E-state index in [1.807, 2.05) is 13.8 Å². The molecule has 3 rings (SSSR count). The molecule has 0 bridgehead atoms. The second-order valence-corrected chi connectivity index (χ2v) is 5.11. The van der Waals surface area contributed by atoms with Gasteiger partial charge in [-0.3, -0.25) is 0 Å². The lowest BCUT2D eigenvalue weighted by atomic mass is 10.0. The maximum absolute atomic E-state index is 5.92. The molecule has 0 aromatic carbocycles. The monoisotopic (exact) mass is 214 g/mol. The molecule has 0 spiro atoms. The fourth-order valence-corrected chi connectivity index (χ4v) is 3.09. The van der Waals surface area contributed by atoms with Gasteiger partial charge in [0.25, 0.3) is 0 Å². The Morgan fingerprint density at radius 1 is 1.13 bits per heavy atom. The second kappa shape index (κ2) is 3.17. The van der Waals surface area contributed by atoms with Crippen LogP contribution < -0.4 is 0 Å². The molecule has 15 heavy (non-hydrogen) atoms. The van der Waals surface area contributed by atoms with Gasteiger partial charge < -0.3 is 18.9 Å². The molecule has 0 aromatic heterocycles. The average Bonchev–Trinajstić information content (AvgIpc) is 2.72. The van der Waals surface area contributed by atoms with E-state index in [0.717, 1.165) is 12.8 Å². The van der Waals surface area contributed by atoms with Crippen molar-refractivity contribution >= 4 is 0 Å². The summed E-state index contributed by atoms with van der Waals surface area (Å²) in [5.41, 5.74) is 0. The van der Waals surface area contributed by atoms with Crippen LogP contribution in [0.25, 0.3) is 0 Å². The Morgan fingerprint density at radius 3 is 2.67 bits per heavy atom. The predicted molar refractivity (Wildman–Crippen MR) is 52.2 cm³/mol. The van der Waals surface area contributed by atoms with Crippen LogP contribution in [-0.2, 0) is 18.9 Å². The molecule has 4 heteroatoms. The summed E-state index contributed by atoms with van der Waals surface area (Å²) in [5, 5.41) is 0. The molecule has 2 heterocycles. The van der Waals surface area contributed by atoms with Crippen LogP contribution >= 0.6 is 0 Å². The molecule has 1 saturated carbocycles. The van der Waals surface area contributed by atoms with Crippen molar-refractivity contribution in [3.8, 4) is 0 Å². The molecule has 0 radical (unpaired) electrons. The van der Waals surface area contributed by atoms with Gasteiger partial charge in [-0.15, -0.1) is 0 Å². The minimum absolute atomic E-state index is 0.0479. The van der Waals surface area contributed by atoms with Crippen molar-refractivity contribution in [3.63, 3.8) is 0 Å². The number of methoxy groups -OCH3 is 1. The van der Waals surface area contributed by atoms with E-state index in [0.29, 0.717) is 5.92 Å². The summed E-state index contributed by atoms with van der Waals surface area (Å²) in [6, 6.07) is 0. The number of hydrogen-bond acceptors (Lipinski definition) is 4. The van der Waals surface area contributed by atoms with E-state index in [1.54, 1.807) is 7.11 Å². The number of ether oxygens (including phenoxy) is 4. The Hall–Kier alpha value is -0.160. The van der Waals surface area contributed by atoms with Gasteiger partial charge >= 0.3 is 0 Å². The minimum Gasteiger partial charge on any atom is -0.356 e. The quantitative estimate of drug-likeness (QED) is 0.659. The zero-order valence-electron chi connectivity index (χ0n) is 9.43. The molecule has 1 aliphatic carbocycles. The van der Waals surface area contributed by atoms with E-state index in [2.05, 4.69) is 0 Å². The second-order valence-electron chi connectivity index (χ2n) is 5.11. The van der Waals surface area contributed by atoms with Crippen molar-refractivity contribution in [2.24, 2.45) is 5.92 Å². The summed E-state index contributed by atoms with van der Waals surface area (Å²) in [6.07, 6.45) is 2.51. The predicted octanol–water partition coefficient (Wildman–Crippen LogP) is 1.29. The van der Waals surface area contributed by atoms with Crippen molar-refractivity contribution < 1.29 is 18.9 Å². The normalized spacial score (nSPS) is 51.8. The third-order valence-corrected chi connectivity index (χ3v) is 3.64. The molecule has 0 aromatic rings. The molecule has 86 valence electrons. The van der Waals surface area contributed by atoms with Crippen molar-refractivity contribution in [1.82, 2.24) is 0 Å². The van der Waals surface area contributed by atoms with E-state index in [9.17, 15) is 0 Å². The lowest BCUT2D eigenvalue weighted by Gasteiger charge is -2.21. The Bertz CT molecular complexity index is 265. The lowest BCUT2D eigenvalue weighted by molar-refractivity contribution is -0.166. The molecule has 5 atom stereocenters. The summed E-state index contributed by atoms with van der Waals surface area (Å²) in [5.74, 6) is 0.0209. The third kappa shape index (κ3) is 1.51. The van der Waals surface area contributed by atoms with Gasteiger partial charge in [-0.25, -0.2) is 0 Å². The molecule has 0 amide bonds. The molecule has 0 unspecified atom stereocenters. The molecule has 3 fully saturated rings. The summed E-state index contributed by atoms with van der Waals surface area (Å²) in [4.78, 5) is 0. The number of fused-ring (bicyclic) bond motifs is 3. The van der Waals surface area contributed by atoms with Crippen molar-refractivity contribution in [3.05, 3.63) is 0 Å². The molecule has 2 saturated heterocycles. The van der Waals surface area contributed by atoms with Crippen LogP contribution in [-0.4, -0.2) is 37.5 Å². The summed E-state index contributed by atoms with van der Waals surface area (Å²) >= 11 is 0. The van der Waals surface area contributed by atoms with Crippen molar-refractivity contribution in [2.75, 3.05) is 7.11 Å². The van der Waals surface area contributed by atoms with Gasteiger partial charge in [0.05, 0.1) is 18.3 Å². The Labute approximate surface area is 89.8 Å². The zero-order valence-corrected chi connectivity index (χ0v) is 9.43. The Morgan fingerprint density at radius 2 is 1.93 bits per heavy atom. The van der Waals surface area contributed by atoms with E-state index < -0.39 is 5.79 Å². The van der Waals surface area contributed by atoms with E-state index in [4.69, 9.17) is 18.9 Å². The van der Waals surface area contributed by atoms with Crippen LogP contribution in [0.5, 0.6) is 0 Å². The summed E-state index contributed by atoms with van der Waals surface area (Å²) in [6.45, 7) is 3.95. The first-order valence-electron chi connectivity index (χ1n) is 5.63. The highest BCUT2D eigenvalue weighted by Gasteiger charge is 2.57. The van der Waals surface area contributed by atoms with Gasteiger partial charge in [0.2, 0.25) is 0 Å². The minimum atomic E-state index is -0.425. The highest BCUT2D eigenvalue weighted by atomic mass is 16.8. The topological polar surface area (TPSA) is 36.9 Å². The maximum atomic E-state index is 5.92. The largest absolute Gasteiger partial charge is 0.356 e. The van der Waals surface area contributed by atoms with Crippen LogP contribution in [0.2, 0.25) is 0 Å². The molecule has 2 aliphatic heterocycles. The standard InChI is InChI=1S/C11H18O4/c1-11(2)14-8-5-7-6(10(8)15-11)4-9(12-3)13-7/h6-10H,4-5H2,1-3H3/t6-,7-,8+,9+,10-/m0/s1. The third-order valence-electron chi connectivity index (χ3n) is 3.64. The fourth-order valence-electron chi connectivity index (χ4n) is 3.09. The average molecular weight is 214 g/mol. The van der Waals surface area contributed by atoms with Gasteiger partial charge in [0.1, 0.15) is 0 Å². The van der Waals surface area contributed by atoms with Crippen LogP contribution in [0.4, 0.5) is 0 Å². The van der Waals surface area contributed by atoms with Gasteiger partial charge in [0.15, 0.2) is 12.1 Å². The van der Waals surface area contributed by atoms with Crippen LogP contribution in [0.3, 0.4) is 0 Å². The summed E-state index contributed by atoms with van der Waals surface area (Å²) < 4.78 is 22.7. The van der Waals surface area contributed by atoms with Gasteiger partial charge in [-0.2, -0.15) is 0 Å². The molecule has 4 nitrogen and oxygen atoms in total. The maximum Gasteiger partial charge on any atom is 0.163 e. The number of hydrogen-bond donors (Lipinski definition) is 0. The van der Waals surface area contributed by atoms with Crippen LogP contribution in [0, 0.1) is 5.92 Å². The molecule has 0 N–H and O–H groups in total. The summed E-state index contributed by atoms with van der Waals surface area (Å²) in [7, 11) is 1.69. The van der Waals surface area contributed by atoms with Crippen LogP contribution in [0.1, 0.15) is 26.7 Å². The van der Waals surface area contributed by atoms with E-state index >= 15 is 0 Å². The van der Waals surface area contributed by atoms with E-state index in [-0.39, 0.29) is 24.6 Å². The highest BCUT2D eigenvalue weighted by Crippen LogP contribution is 2.48. The molecular weight excluding hydrogens is 196 g/mol. The molecule has 3 aliphatic rings. The van der Waals surface area contributed by atoms with Crippen LogP contribution in [0.15, 0.2) is 0 Å². The first-order valence-corrected chi connectivity index (χ1v) is 5.63. The first kappa shape index (κ1) is 10.0. The van der Waals surface area contributed by atoms with Crippen molar-refractivity contribution in [2.45, 2.75) is 57.1 Å². The van der Waals surface area contributed by atoms with Gasteiger partial charge in [-0.1, -0.05) is 0 Å². The SMILES string of the molecule is CO[C@H]1C[C@@H]2[C@@H]3OC(C)(C)O[C@@H]3C[C@@H]2O1. The fraction of sp³-hybridized carbons (Fsp3) is 1.00.